The molecule has 1 amide bonds. The van der Waals surface area contributed by atoms with Gasteiger partial charge in [0.25, 0.3) is 7.82 Å². The van der Waals surface area contributed by atoms with Gasteiger partial charge in [0, 0.05) is 12.8 Å². The molecule has 3 unspecified atom stereocenters. The average Bonchev–Trinajstić information content (AvgIpc) is 3.70. The van der Waals surface area contributed by atoms with Crippen LogP contribution in [0.4, 0.5) is 0 Å². The summed E-state index contributed by atoms with van der Waals surface area (Å²) in [5, 5.41) is 3.03. The van der Waals surface area contributed by atoms with Gasteiger partial charge >= 0.3 is 5.97 Å². The number of nitrogens with zero attached hydrogens (tertiary/aromatic N) is 1. The molecule has 0 aromatic heterocycles. The van der Waals surface area contributed by atoms with Crippen molar-refractivity contribution in [1.29, 1.82) is 0 Å². The van der Waals surface area contributed by atoms with E-state index < -0.39 is 26.6 Å². The van der Waals surface area contributed by atoms with E-state index in [2.05, 4.69) is 160 Å². The Balaban J connectivity index is 5.20. The number of carbonyl (C=O) groups is 2. The van der Waals surface area contributed by atoms with Crippen LogP contribution in [0.2, 0.25) is 0 Å². The molecule has 0 spiro atoms. The maximum atomic E-state index is 13.6. The highest BCUT2D eigenvalue weighted by Gasteiger charge is 2.27. The van der Waals surface area contributed by atoms with Gasteiger partial charge in [-0.3, -0.25) is 14.2 Å². The summed E-state index contributed by atoms with van der Waals surface area (Å²) in [6.45, 7) is 6.59. The highest BCUT2D eigenvalue weighted by molar-refractivity contribution is 7.45. The monoisotopic (exact) mass is 1230 g/mol. The van der Waals surface area contributed by atoms with Gasteiger partial charge in [-0.1, -0.05) is 283 Å². The van der Waals surface area contributed by atoms with Crippen LogP contribution in [0.1, 0.15) is 278 Å². The van der Waals surface area contributed by atoms with Crippen LogP contribution in [-0.4, -0.2) is 69.4 Å². The first-order valence-corrected chi connectivity index (χ1v) is 36.6. The third kappa shape index (κ3) is 66.1. The van der Waals surface area contributed by atoms with Gasteiger partial charge in [0.1, 0.15) is 19.3 Å². The van der Waals surface area contributed by atoms with Crippen molar-refractivity contribution >= 4 is 19.7 Å². The minimum absolute atomic E-state index is 0.0376. The molecule has 0 rings (SSSR count). The van der Waals surface area contributed by atoms with Crippen LogP contribution in [0.5, 0.6) is 0 Å². The number of ether oxygens (including phenoxy) is 1. The van der Waals surface area contributed by atoms with Gasteiger partial charge in [-0.2, -0.15) is 0 Å². The molecule has 0 aliphatic carbocycles. The molecule has 87 heavy (non-hydrogen) atoms. The molecular formula is C77H131N2O7P. The summed E-state index contributed by atoms with van der Waals surface area (Å²) >= 11 is 0. The number of rotatable bonds is 62. The highest BCUT2D eigenvalue weighted by Crippen LogP contribution is 2.38. The maximum Gasteiger partial charge on any atom is 0.306 e. The number of carbonyl (C=O) groups excluding carboxylic acids is 2. The molecule has 0 radical (unpaired) electrons. The van der Waals surface area contributed by atoms with Crippen molar-refractivity contribution in [3.8, 4) is 0 Å². The predicted molar refractivity (Wildman–Crippen MR) is 376 cm³/mol. The third-order valence-electron chi connectivity index (χ3n) is 14.8. The van der Waals surface area contributed by atoms with E-state index in [9.17, 15) is 19.0 Å². The number of unbranched alkanes of at least 4 members (excludes halogenated alkanes) is 24. The van der Waals surface area contributed by atoms with Gasteiger partial charge in [0.15, 0.2) is 0 Å². The number of esters is 1. The van der Waals surface area contributed by atoms with Crippen LogP contribution < -0.4 is 10.2 Å². The van der Waals surface area contributed by atoms with E-state index >= 15 is 0 Å². The molecule has 496 valence electrons. The molecule has 0 aliphatic rings. The minimum atomic E-state index is -4.73. The fourth-order valence-corrected chi connectivity index (χ4v) is 10.2. The van der Waals surface area contributed by atoms with Crippen LogP contribution in [0.3, 0.4) is 0 Å². The average molecular weight is 1230 g/mol. The third-order valence-corrected chi connectivity index (χ3v) is 15.7. The standard InChI is InChI=1S/C77H131N2O7P/c1-7-10-13-16-19-22-25-28-30-32-34-36-37-38-39-40-41-43-44-46-48-51-54-57-60-63-66-69-76(80)78-74(73-85-87(82,83)84-72-71-79(4,5)6)75(68-65-62-59-56-53-50-27-24-21-18-15-12-9-3)86-77(81)70-67-64-61-58-55-52-49-47-45-42-35-33-31-29-26-23-20-17-14-11-8-2/h10-11,13-14,19-20,22-23,28-31,34-36,38-39,42,47,49,55,58,65,68,74-75H,7-9,12,15-18,21,24-27,32-33,37,40-41,43-46,48,50-54,56-57,59-64,66-67,69-73H2,1-6H3,(H-,78,80,82,83)/b13-10-,14-11-,22-19-,23-20-,30-28-,31-29-,36-34-,39-38-,42-35-,49-47-,58-55-,68-65-. The highest BCUT2D eigenvalue weighted by atomic mass is 31.2. The van der Waals surface area contributed by atoms with E-state index in [1.54, 1.807) is 0 Å². The Morgan fingerprint density at radius 2 is 0.736 bits per heavy atom. The van der Waals surface area contributed by atoms with Crippen molar-refractivity contribution < 1.29 is 37.3 Å². The van der Waals surface area contributed by atoms with Gasteiger partial charge in [-0.25, -0.2) is 0 Å². The van der Waals surface area contributed by atoms with E-state index in [4.69, 9.17) is 13.8 Å². The van der Waals surface area contributed by atoms with Crippen LogP contribution in [0.25, 0.3) is 0 Å². The molecule has 0 saturated heterocycles. The fraction of sp³-hybridized carbons (Fsp3) is 0.662. The first kappa shape index (κ1) is 82.9. The lowest BCUT2D eigenvalue weighted by molar-refractivity contribution is -0.870. The zero-order valence-corrected chi connectivity index (χ0v) is 57.6. The quantitative estimate of drug-likeness (QED) is 0.0212. The molecule has 0 aliphatic heterocycles. The Bertz CT molecular complexity index is 2000. The minimum Gasteiger partial charge on any atom is -0.756 e. The van der Waals surface area contributed by atoms with Crippen molar-refractivity contribution in [1.82, 2.24) is 5.32 Å². The Morgan fingerprint density at radius 1 is 0.414 bits per heavy atom. The number of quaternary nitrogens is 1. The number of allylic oxidation sites excluding steroid dienone is 23. The Kier molecular flexibility index (Phi) is 61.8. The van der Waals surface area contributed by atoms with E-state index in [-0.39, 0.29) is 24.9 Å². The lowest BCUT2D eigenvalue weighted by Gasteiger charge is -2.30. The molecule has 0 fully saturated rings. The summed E-state index contributed by atoms with van der Waals surface area (Å²) in [4.78, 5) is 40.2. The zero-order valence-electron chi connectivity index (χ0n) is 56.7. The largest absolute Gasteiger partial charge is 0.756 e. The van der Waals surface area contributed by atoms with Gasteiger partial charge < -0.3 is 28.5 Å². The van der Waals surface area contributed by atoms with Crippen LogP contribution >= 0.6 is 7.82 Å². The smallest absolute Gasteiger partial charge is 0.306 e. The number of likely N-dealkylation sites (N-methyl/N-ethyl adjacent to an activating group) is 1. The predicted octanol–water partition coefficient (Wildman–Crippen LogP) is 21.9. The van der Waals surface area contributed by atoms with Gasteiger partial charge in [-0.05, 0) is 128 Å². The van der Waals surface area contributed by atoms with Crippen molar-refractivity contribution in [2.75, 3.05) is 40.9 Å². The topological polar surface area (TPSA) is 114 Å². The number of hydrogen-bond donors (Lipinski definition) is 1. The molecular weight excluding hydrogens is 1100 g/mol. The first-order chi connectivity index (χ1) is 42.4. The van der Waals surface area contributed by atoms with Crippen LogP contribution in [-0.2, 0) is 27.9 Å². The molecule has 0 aromatic carbocycles. The maximum absolute atomic E-state index is 13.6. The Labute approximate surface area is 536 Å². The van der Waals surface area contributed by atoms with Crippen molar-refractivity contribution in [2.24, 2.45) is 0 Å². The summed E-state index contributed by atoms with van der Waals surface area (Å²) in [6.07, 6.45) is 94.0. The summed E-state index contributed by atoms with van der Waals surface area (Å²) in [5.74, 6) is -0.601. The lowest BCUT2D eigenvalue weighted by atomic mass is 10.0. The SMILES string of the molecule is CC/C=C\C/C=C\C/C=C\C/C=C\C/C=C\C/C=C\CCCCC(=O)OC(/C=C\CCCCCCCCCCCCC)C(COP(=O)([O-])OCC[N+](C)(C)C)NC(=O)CCCCCCCCCCCCC/C=C\C/C=C\C/C=C\C/C=C\C/C=C\CC. The normalized spacial score (nSPS) is 14.4. The molecule has 0 aromatic rings. The molecule has 3 atom stereocenters. The summed E-state index contributed by atoms with van der Waals surface area (Å²) in [6, 6.07) is -0.920. The summed E-state index contributed by atoms with van der Waals surface area (Å²) in [7, 11) is 1.14. The Morgan fingerprint density at radius 3 is 1.11 bits per heavy atom. The second-order valence-electron chi connectivity index (χ2n) is 24.3. The number of nitrogens with one attached hydrogen (secondary N) is 1. The van der Waals surface area contributed by atoms with Gasteiger partial charge in [-0.15, -0.1) is 0 Å². The van der Waals surface area contributed by atoms with Crippen molar-refractivity contribution in [2.45, 2.75) is 290 Å². The second-order valence-corrected chi connectivity index (χ2v) is 25.7. The summed E-state index contributed by atoms with van der Waals surface area (Å²) in [5.41, 5.74) is 0. The number of amides is 1. The number of hydrogen-bond acceptors (Lipinski definition) is 7. The zero-order chi connectivity index (χ0) is 63.5. The van der Waals surface area contributed by atoms with Crippen molar-refractivity contribution in [3.05, 3.63) is 146 Å². The van der Waals surface area contributed by atoms with Crippen molar-refractivity contribution in [3.63, 3.8) is 0 Å². The molecule has 10 heteroatoms. The molecule has 0 saturated carbocycles. The second kappa shape index (κ2) is 64.9. The van der Waals surface area contributed by atoms with Crippen LogP contribution in [0.15, 0.2) is 146 Å². The fourth-order valence-electron chi connectivity index (χ4n) is 9.43. The van der Waals surface area contributed by atoms with E-state index in [0.29, 0.717) is 23.9 Å². The van der Waals surface area contributed by atoms with E-state index in [1.807, 2.05) is 33.3 Å². The molecule has 1 N–H and O–H groups in total. The molecule has 9 nitrogen and oxygen atoms in total. The number of phosphoric acid groups is 1. The van der Waals surface area contributed by atoms with Crippen LogP contribution in [0, 0.1) is 0 Å². The van der Waals surface area contributed by atoms with E-state index in [0.717, 1.165) is 135 Å². The van der Waals surface area contributed by atoms with Gasteiger partial charge in [0.2, 0.25) is 5.91 Å². The lowest BCUT2D eigenvalue weighted by Crippen LogP contribution is -2.47. The summed E-state index contributed by atoms with van der Waals surface area (Å²) < 4.78 is 30.4. The van der Waals surface area contributed by atoms with E-state index in [1.165, 1.54) is 103 Å². The Hall–Kier alpha value is -4.11. The molecule has 0 bridgehead atoms. The first-order valence-electron chi connectivity index (χ1n) is 35.1. The van der Waals surface area contributed by atoms with Gasteiger partial charge in [0.05, 0.1) is 33.8 Å². The molecule has 0 heterocycles. The number of phosphoric ester groups is 1.